The molecule has 2 aliphatic rings. The number of carbonyl (C=O) groups is 1. The van der Waals surface area contributed by atoms with Crippen molar-refractivity contribution in [3.8, 4) is 0 Å². The average molecular weight is 281 g/mol. The van der Waals surface area contributed by atoms with E-state index in [1.165, 1.54) is 38.6 Å². The maximum absolute atomic E-state index is 12.1. The fraction of sp³-hybridized carbons (Fsp3) is 0.938. The molecule has 0 bridgehead atoms. The van der Waals surface area contributed by atoms with E-state index in [4.69, 9.17) is 5.73 Å². The van der Waals surface area contributed by atoms with Crippen molar-refractivity contribution >= 4 is 5.91 Å². The molecule has 4 heteroatoms. The molecule has 1 saturated carbocycles. The number of hydrogen-bond donors (Lipinski definition) is 2. The summed E-state index contributed by atoms with van der Waals surface area (Å²) in [4.78, 5) is 14.7. The normalized spacial score (nSPS) is 32.0. The van der Waals surface area contributed by atoms with Gasteiger partial charge in [-0.3, -0.25) is 9.69 Å². The minimum Gasteiger partial charge on any atom is -0.355 e. The molecule has 3 atom stereocenters. The van der Waals surface area contributed by atoms with Crippen LogP contribution in [0.2, 0.25) is 0 Å². The summed E-state index contributed by atoms with van der Waals surface area (Å²) in [6.07, 6.45) is 8.95. The predicted octanol–water partition coefficient (Wildman–Crippen LogP) is 1.74. The molecular formula is C16H31N3O. The zero-order chi connectivity index (χ0) is 14.4. The van der Waals surface area contributed by atoms with Crippen molar-refractivity contribution < 1.29 is 4.79 Å². The van der Waals surface area contributed by atoms with Crippen molar-refractivity contribution in [3.05, 3.63) is 0 Å². The molecule has 0 aromatic carbocycles. The number of rotatable bonds is 5. The van der Waals surface area contributed by atoms with E-state index >= 15 is 0 Å². The van der Waals surface area contributed by atoms with Crippen LogP contribution in [-0.2, 0) is 4.79 Å². The molecule has 0 spiro atoms. The lowest BCUT2D eigenvalue weighted by Crippen LogP contribution is -2.48. The van der Waals surface area contributed by atoms with Crippen molar-refractivity contribution in [2.24, 2.45) is 17.6 Å². The van der Waals surface area contributed by atoms with Crippen LogP contribution in [0.1, 0.15) is 51.9 Å². The third-order valence-corrected chi connectivity index (χ3v) is 5.12. The number of carbonyl (C=O) groups excluding carboxylic acids is 1. The highest BCUT2D eigenvalue weighted by Crippen LogP contribution is 2.32. The molecule has 3 N–H and O–H groups in total. The Morgan fingerprint density at radius 1 is 1.30 bits per heavy atom. The molecule has 20 heavy (non-hydrogen) atoms. The van der Waals surface area contributed by atoms with Gasteiger partial charge in [-0.25, -0.2) is 0 Å². The highest BCUT2D eigenvalue weighted by Gasteiger charge is 2.31. The van der Waals surface area contributed by atoms with E-state index in [1.807, 2.05) is 0 Å². The SMILES string of the molecule is CCC1CCCC(N2CCCC(C(=O)NCCN)C2)C1. The molecule has 2 rings (SSSR count). The first-order valence-corrected chi connectivity index (χ1v) is 8.46. The van der Waals surface area contributed by atoms with Crippen molar-refractivity contribution in [2.45, 2.75) is 57.9 Å². The molecule has 1 aliphatic carbocycles. The lowest BCUT2D eigenvalue weighted by atomic mass is 9.82. The van der Waals surface area contributed by atoms with Crippen LogP contribution in [0.3, 0.4) is 0 Å². The summed E-state index contributed by atoms with van der Waals surface area (Å²) in [5.74, 6) is 1.29. The van der Waals surface area contributed by atoms with Gasteiger partial charge in [0.25, 0.3) is 0 Å². The van der Waals surface area contributed by atoms with Crippen molar-refractivity contribution in [1.82, 2.24) is 10.2 Å². The fourth-order valence-electron chi connectivity index (χ4n) is 3.86. The Balaban J connectivity index is 1.84. The molecule has 0 radical (unpaired) electrons. The van der Waals surface area contributed by atoms with Crippen LogP contribution in [0.25, 0.3) is 0 Å². The highest BCUT2D eigenvalue weighted by molar-refractivity contribution is 5.78. The molecule has 1 amide bonds. The highest BCUT2D eigenvalue weighted by atomic mass is 16.1. The van der Waals surface area contributed by atoms with Crippen LogP contribution < -0.4 is 11.1 Å². The van der Waals surface area contributed by atoms with E-state index in [0.29, 0.717) is 13.1 Å². The summed E-state index contributed by atoms with van der Waals surface area (Å²) in [7, 11) is 0. The Bertz CT molecular complexity index is 308. The Hall–Kier alpha value is -0.610. The molecule has 0 aromatic heterocycles. The lowest BCUT2D eigenvalue weighted by molar-refractivity contribution is -0.127. The number of nitrogens with one attached hydrogen (secondary N) is 1. The van der Waals surface area contributed by atoms with Crippen LogP contribution in [-0.4, -0.2) is 43.0 Å². The summed E-state index contributed by atoms with van der Waals surface area (Å²) >= 11 is 0. The van der Waals surface area contributed by atoms with E-state index in [1.54, 1.807) is 0 Å². The van der Waals surface area contributed by atoms with Gasteiger partial charge < -0.3 is 11.1 Å². The van der Waals surface area contributed by atoms with E-state index in [0.717, 1.165) is 31.3 Å². The van der Waals surface area contributed by atoms with Gasteiger partial charge in [-0.05, 0) is 38.1 Å². The third kappa shape index (κ3) is 4.19. The Morgan fingerprint density at radius 2 is 2.15 bits per heavy atom. The van der Waals surface area contributed by atoms with Gasteiger partial charge in [-0.2, -0.15) is 0 Å². The molecule has 1 heterocycles. The number of likely N-dealkylation sites (tertiary alicyclic amines) is 1. The second-order valence-corrected chi connectivity index (χ2v) is 6.51. The van der Waals surface area contributed by atoms with Crippen molar-refractivity contribution in [3.63, 3.8) is 0 Å². The smallest absolute Gasteiger partial charge is 0.224 e. The van der Waals surface area contributed by atoms with E-state index in [2.05, 4.69) is 17.1 Å². The maximum atomic E-state index is 12.1. The molecule has 2 fully saturated rings. The first-order valence-electron chi connectivity index (χ1n) is 8.46. The fourth-order valence-corrected chi connectivity index (χ4v) is 3.86. The quantitative estimate of drug-likeness (QED) is 0.807. The number of hydrogen-bond acceptors (Lipinski definition) is 3. The molecule has 1 saturated heterocycles. The summed E-state index contributed by atoms with van der Waals surface area (Å²) in [6.45, 7) is 5.59. The van der Waals surface area contributed by atoms with Crippen LogP contribution in [0.5, 0.6) is 0 Å². The minimum atomic E-state index is 0.178. The second-order valence-electron chi connectivity index (χ2n) is 6.51. The summed E-state index contributed by atoms with van der Waals surface area (Å²) in [5, 5.41) is 2.95. The molecule has 0 aromatic rings. The number of nitrogens with zero attached hydrogens (tertiary/aromatic N) is 1. The maximum Gasteiger partial charge on any atom is 0.224 e. The molecule has 4 nitrogen and oxygen atoms in total. The van der Waals surface area contributed by atoms with Crippen molar-refractivity contribution in [1.29, 1.82) is 0 Å². The lowest BCUT2D eigenvalue weighted by Gasteiger charge is -2.41. The first kappa shape index (κ1) is 15.8. The van der Waals surface area contributed by atoms with Crippen molar-refractivity contribution in [2.75, 3.05) is 26.2 Å². The Kier molecular flexibility index (Phi) is 6.30. The van der Waals surface area contributed by atoms with Gasteiger partial charge in [0.15, 0.2) is 0 Å². The topological polar surface area (TPSA) is 58.4 Å². The third-order valence-electron chi connectivity index (χ3n) is 5.12. The van der Waals surface area contributed by atoms with Crippen LogP contribution >= 0.6 is 0 Å². The Morgan fingerprint density at radius 3 is 2.90 bits per heavy atom. The monoisotopic (exact) mass is 281 g/mol. The number of piperidine rings is 1. The van der Waals surface area contributed by atoms with Gasteiger partial charge >= 0.3 is 0 Å². The minimum absolute atomic E-state index is 0.178. The van der Waals surface area contributed by atoms with Gasteiger partial charge in [0.1, 0.15) is 0 Å². The van der Waals surface area contributed by atoms with Gasteiger partial charge in [-0.15, -0.1) is 0 Å². The van der Waals surface area contributed by atoms with Crippen LogP contribution in [0.4, 0.5) is 0 Å². The van der Waals surface area contributed by atoms with E-state index < -0.39 is 0 Å². The van der Waals surface area contributed by atoms with Gasteiger partial charge in [0.05, 0.1) is 5.92 Å². The number of amides is 1. The van der Waals surface area contributed by atoms with Crippen LogP contribution in [0, 0.1) is 11.8 Å². The molecule has 1 aliphatic heterocycles. The van der Waals surface area contributed by atoms with Gasteiger partial charge in [-0.1, -0.05) is 26.2 Å². The van der Waals surface area contributed by atoms with E-state index in [-0.39, 0.29) is 11.8 Å². The standard InChI is InChI=1S/C16H31N3O/c1-2-13-5-3-7-15(11-13)19-10-4-6-14(12-19)16(20)18-9-8-17/h13-15H,2-12,17H2,1H3,(H,18,20). The predicted molar refractivity (Wildman–Crippen MR) is 82.4 cm³/mol. The summed E-state index contributed by atoms with van der Waals surface area (Å²) in [5.41, 5.74) is 5.46. The van der Waals surface area contributed by atoms with Gasteiger partial charge in [0, 0.05) is 25.7 Å². The average Bonchev–Trinajstić information content (AvgIpc) is 2.52. The Labute approximate surface area is 123 Å². The molecule has 3 unspecified atom stereocenters. The number of nitrogens with two attached hydrogens (primary N) is 1. The molecule has 116 valence electrons. The van der Waals surface area contributed by atoms with E-state index in [9.17, 15) is 4.79 Å². The zero-order valence-electron chi connectivity index (χ0n) is 12.9. The summed E-state index contributed by atoms with van der Waals surface area (Å²) < 4.78 is 0. The zero-order valence-corrected chi connectivity index (χ0v) is 12.9. The second kappa shape index (κ2) is 7.99. The van der Waals surface area contributed by atoms with Crippen LogP contribution in [0.15, 0.2) is 0 Å². The largest absolute Gasteiger partial charge is 0.355 e. The first-order chi connectivity index (χ1) is 9.74. The molecular weight excluding hydrogens is 250 g/mol. The summed E-state index contributed by atoms with van der Waals surface area (Å²) in [6, 6.07) is 0.721. The van der Waals surface area contributed by atoms with Gasteiger partial charge in [0.2, 0.25) is 5.91 Å².